The van der Waals surface area contributed by atoms with E-state index in [4.69, 9.17) is 24.3 Å². The van der Waals surface area contributed by atoms with Gasteiger partial charge in [-0.1, -0.05) is 48.3 Å². The fourth-order valence-corrected chi connectivity index (χ4v) is 4.87. The Morgan fingerprint density at radius 3 is 2.34 bits per heavy atom. The van der Waals surface area contributed by atoms with Crippen LogP contribution in [0.3, 0.4) is 0 Å². The molecule has 2 aliphatic heterocycles. The van der Waals surface area contributed by atoms with Gasteiger partial charge in [-0.2, -0.15) is 0 Å². The molecule has 38 heavy (non-hydrogen) atoms. The number of ether oxygens (including phenoxy) is 2. The lowest BCUT2D eigenvalue weighted by Crippen LogP contribution is -2.55. The van der Waals surface area contributed by atoms with Gasteiger partial charge in [0.1, 0.15) is 17.7 Å². The van der Waals surface area contributed by atoms with Crippen molar-refractivity contribution in [2.45, 2.75) is 115 Å². The Labute approximate surface area is 226 Å². The molecule has 0 unspecified atom stereocenters. The molecule has 0 N–H and O–H groups in total. The largest absolute Gasteiger partial charge is 0.459 e. The van der Waals surface area contributed by atoms with Crippen LogP contribution in [0.25, 0.3) is 10.4 Å². The molecule has 2 heterocycles. The highest BCUT2D eigenvalue weighted by atomic mass is 16.7. The van der Waals surface area contributed by atoms with Gasteiger partial charge < -0.3 is 18.8 Å². The number of azide groups is 1. The minimum absolute atomic E-state index is 0.0731. The number of hydrogen-bond acceptors (Lipinski definition) is 7. The van der Waals surface area contributed by atoms with Gasteiger partial charge in [-0.3, -0.25) is 4.90 Å². The van der Waals surface area contributed by atoms with Crippen molar-refractivity contribution >= 4 is 19.2 Å². The molecule has 0 radical (unpaired) electrons. The molecule has 11 heteroatoms. The number of carbonyl (C=O) groups is 2. The molecular formula is C27H41BN4O6. The van der Waals surface area contributed by atoms with Gasteiger partial charge in [-0.05, 0) is 78.7 Å². The van der Waals surface area contributed by atoms with Crippen LogP contribution in [-0.2, 0) is 30.2 Å². The number of nitrogens with zero attached hydrogens (tertiary/aromatic N) is 4. The summed E-state index contributed by atoms with van der Waals surface area (Å²) in [7, 11) is -0.345. The quantitative estimate of drug-likeness (QED) is 0.0960. The predicted octanol–water partition coefficient (Wildman–Crippen LogP) is 6.05. The van der Waals surface area contributed by atoms with Crippen LogP contribution < -0.4 is 0 Å². The van der Waals surface area contributed by atoms with E-state index in [1.807, 2.05) is 58.0 Å². The maximum Gasteiger partial charge on any atom is 0.457 e. The average molecular weight is 528 g/mol. The number of benzene rings is 1. The molecule has 0 bridgehead atoms. The third-order valence-corrected chi connectivity index (χ3v) is 7.49. The topological polar surface area (TPSA) is 123 Å². The van der Waals surface area contributed by atoms with E-state index in [0.717, 1.165) is 5.56 Å². The smallest absolute Gasteiger partial charge is 0.457 e. The van der Waals surface area contributed by atoms with E-state index in [-0.39, 0.29) is 26.7 Å². The molecule has 2 fully saturated rings. The van der Waals surface area contributed by atoms with Crippen LogP contribution in [0.2, 0.25) is 6.32 Å². The zero-order chi connectivity index (χ0) is 28.2. The summed E-state index contributed by atoms with van der Waals surface area (Å²) in [6.07, 6.45) is 1.83. The molecule has 3 rings (SSSR count). The lowest BCUT2D eigenvalue weighted by atomic mass is 9.80. The minimum atomic E-state index is -1.31. The Morgan fingerprint density at radius 1 is 1.13 bits per heavy atom. The van der Waals surface area contributed by atoms with E-state index in [0.29, 0.717) is 25.6 Å². The summed E-state index contributed by atoms with van der Waals surface area (Å²) in [5, 5.41) is 3.86. The number of esters is 1. The van der Waals surface area contributed by atoms with Gasteiger partial charge in [0, 0.05) is 11.5 Å². The van der Waals surface area contributed by atoms with E-state index in [9.17, 15) is 9.59 Å². The Bertz CT molecular complexity index is 1020. The third-order valence-electron chi connectivity index (χ3n) is 7.49. The highest BCUT2D eigenvalue weighted by Crippen LogP contribution is 2.40. The SMILES string of the molecule is CC(C)(C)OC(=O)N1C[C@@H](N=[N+]=[N-])C[C@]1(CCCCB1OC(C)(C)C(C)(C)O1)C(=O)OCc1ccccc1. The van der Waals surface area contributed by atoms with Crippen molar-refractivity contribution in [1.29, 1.82) is 0 Å². The van der Waals surface area contributed by atoms with Crippen molar-refractivity contribution in [2.75, 3.05) is 6.54 Å². The Kier molecular flexibility index (Phi) is 9.06. The van der Waals surface area contributed by atoms with Gasteiger partial charge in [0.05, 0.1) is 17.2 Å². The molecule has 2 atom stereocenters. The van der Waals surface area contributed by atoms with Gasteiger partial charge in [0.2, 0.25) is 0 Å². The molecule has 0 spiro atoms. The summed E-state index contributed by atoms with van der Waals surface area (Å²) >= 11 is 0. The monoisotopic (exact) mass is 528 g/mol. The van der Waals surface area contributed by atoms with Crippen LogP contribution in [0, 0.1) is 0 Å². The molecule has 0 aromatic heterocycles. The Balaban J connectivity index is 1.79. The van der Waals surface area contributed by atoms with Crippen LogP contribution in [0.1, 0.15) is 79.7 Å². The van der Waals surface area contributed by atoms with Crippen LogP contribution in [0.4, 0.5) is 4.79 Å². The van der Waals surface area contributed by atoms with Gasteiger partial charge in [0.15, 0.2) is 0 Å². The molecule has 2 saturated heterocycles. The van der Waals surface area contributed by atoms with Crippen molar-refractivity contribution in [3.05, 3.63) is 46.3 Å². The van der Waals surface area contributed by atoms with E-state index in [1.54, 1.807) is 20.8 Å². The van der Waals surface area contributed by atoms with Crippen molar-refractivity contribution in [1.82, 2.24) is 4.90 Å². The number of amides is 1. The van der Waals surface area contributed by atoms with E-state index >= 15 is 0 Å². The molecule has 1 aromatic carbocycles. The summed E-state index contributed by atoms with van der Waals surface area (Å²) in [5.41, 5.74) is 7.03. The summed E-state index contributed by atoms with van der Waals surface area (Å²) < 4.78 is 23.6. The first-order valence-electron chi connectivity index (χ1n) is 13.3. The number of likely N-dealkylation sites (tertiary alicyclic amines) is 1. The van der Waals surface area contributed by atoms with Crippen LogP contribution in [-0.4, -0.2) is 59.0 Å². The van der Waals surface area contributed by atoms with Crippen molar-refractivity contribution in [3.63, 3.8) is 0 Å². The molecule has 208 valence electrons. The second-order valence-corrected chi connectivity index (χ2v) is 12.2. The maximum atomic E-state index is 13.7. The summed E-state index contributed by atoms with van der Waals surface area (Å²) in [5.74, 6) is -0.529. The lowest BCUT2D eigenvalue weighted by Gasteiger charge is -2.37. The highest BCUT2D eigenvalue weighted by Gasteiger charge is 2.55. The molecule has 1 amide bonds. The van der Waals surface area contributed by atoms with Gasteiger partial charge >= 0.3 is 19.2 Å². The fraction of sp³-hybridized carbons (Fsp3) is 0.704. The van der Waals surface area contributed by atoms with Crippen LogP contribution >= 0.6 is 0 Å². The van der Waals surface area contributed by atoms with Gasteiger partial charge in [0.25, 0.3) is 0 Å². The zero-order valence-corrected chi connectivity index (χ0v) is 23.7. The number of unbranched alkanes of at least 4 members (excludes halogenated alkanes) is 1. The number of rotatable bonds is 9. The van der Waals surface area contributed by atoms with Crippen molar-refractivity contribution < 1.29 is 28.4 Å². The second kappa shape index (κ2) is 11.6. The first kappa shape index (κ1) is 29.8. The molecule has 10 nitrogen and oxygen atoms in total. The highest BCUT2D eigenvalue weighted by molar-refractivity contribution is 6.45. The number of hydrogen-bond donors (Lipinski definition) is 0. The second-order valence-electron chi connectivity index (χ2n) is 12.2. The Hall–Kier alpha value is -2.75. The molecule has 0 aliphatic carbocycles. The minimum Gasteiger partial charge on any atom is -0.459 e. The maximum absolute atomic E-state index is 13.7. The Morgan fingerprint density at radius 2 is 1.76 bits per heavy atom. The number of carbonyl (C=O) groups excluding carboxylic acids is 2. The summed E-state index contributed by atoms with van der Waals surface area (Å²) in [6, 6.07) is 8.80. The molecule has 0 saturated carbocycles. The van der Waals surface area contributed by atoms with E-state index in [2.05, 4.69) is 10.0 Å². The van der Waals surface area contributed by atoms with E-state index in [1.165, 1.54) is 4.90 Å². The van der Waals surface area contributed by atoms with Gasteiger partial charge in [-0.15, -0.1) is 0 Å². The summed E-state index contributed by atoms with van der Waals surface area (Å²) in [4.78, 5) is 31.4. The standard InChI is InChI=1S/C27H41BN4O6/c1-24(2,3)36-23(34)32-18-21(30-31-29)17-27(32,22(33)35-19-20-13-9-8-10-14-20)15-11-12-16-28-37-25(4,5)26(6,7)38-28/h8-10,13-14,21H,11-12,15-19H2,1-7H3/t21-,27+/m0/s1. The van der Waals surface area contributed by atoms with E-state index < -0.39 is 40.4 Å². The van der Waals surface area contributed by atoms with Crippen LogP contribution in [0.5, 0.6) is 0 Å². The summed E-state index contributed by atoms with van der Waals surface area (Å²) in [6.45, 7) is 13.5. The molecule has 2 aliphatic rings. The lowest BCUT2D eigenvalue weighted by molar-refractivity contribution is -0.158. The fourth-order valence-electron chi connectivity index (χ4n) is 4.87. The zero-order valence-electron chi connectivity index (χ0n) is 23.7. The third kappa shape index (κ3) is 7.01. The molecule has 1 aromatic rings. The first-order valence-corrected chi connectivity index (χ1v) is 13.3. The van der Waals surface area contributed by atoms with Crippen molar-refractivity contribution in [3.8, 4) is 0 Å². The van der Waals surface area contributed by atoms with Crippen LogP contribution in [0.15, 0.2) is 35.4 Å². The average Bonchev–Trinajstić information content (AvgIpc) is 3.28. The molecular weight excluding hydrogens is 487 g/mol. The van der Waals surface area contributed by atoms with Gasteiger partial charge in [-0.25, -0.2) is 9.59 Å². The van der Waals surface area contributed by atoms with Crippen molar-refractivity contribution in [2.24, 2.45) is 5.11 Å². The predicted molar refractivity (Wildman–Crippen MR) is 144 cm³/mol. The normalized spacial score (nSPS) is 24.1. The first-order chi connectivity index (χ1) is 17.7.